The second kappa shape index (κ2) is 4.27. The van der Waals surface area contributed by atoms with Gasteiger partial charge in [0.25, 0.3) is 0 Å². The fourth-order valence-electron chi connectivity index (χ4n) is 1.61. The Morgan fingerprint density at radius 2 is 2.00 bits per heavy atom. The molecule has 1 rings (SSSR count). The van der Waals surface area contributed by atoms with Gasteiger partial charge >= 0.3 is 0 Å². The van der Waals surface area contributed by atoms with Gasteiger partial charge in [0.1, 0.15) is 0 Å². The lowest BCUT2D eigenvalue weighted by molar-refractivity contribution is -0.119. The van der Waals surface area contributed by atoms with Crippen molar-refractivity contribution >= 4 is 5.91 Å². The highest BCUT2D eigenvalue weighted by molar-refractivity contribution is 5.73. The molecule has 0 fully saturated rings. The summed E-state index contributed by atoms with van der Waals surface area (Å²) in [6.45, 7) is 7.67. The molecule has 1 N–H and O–H groups in total. The molecule has 1 aromatic rings. The maximum Gasteiger partial charge on any atom is 0.217 e. The summed E-state index contributed by atoms with van der Waals surface area (Å²) >= 11 is 0. The normalized spacial score (nSPS) is 12.3. The van der Waals surface area contributed by atoms with E-state index >= 15 is 0 Å². The Morgan fingerprint density at radius 3 is 2.57 bits per heavy atom. The Labute approximate surface area is 85.3 Å². The largest absolute Gasteiger partial charge is 0.350 e. The Balaban J connectivity index is 2.93. The van der Waals surface area contributed by atoms with E-state index in [1.165, 1.54) is 16.7 Å². The van der Waals surface area contributed by atoms with Crippen molar-refractivity contribution in [2.75, 3.05) is 0 Å². The average molecular weight is 191 g/mol. The molecule has 1 atom stereocenters. The molecule has 0 bridgehead atoms. The highest BCUT2D eigenvalue weighted by atomic mass is 16.1. The zero-order chi connectivity index (χ0) is 10.7. The molecule has 0 aliphatic carbocycles. The van der Waals surface area contributed by atoms with Crippen LogP contribution in [0, 0.1) is 13.8 Å². The summed E-state index contributed by atoms with van der Waals surface area (Å²) in [7, 11) is 0. The molecule has 0 aromatic heterocycles. The van der Waals surface area contributed by atoms with E-state index in [2.05, 4.69) is 37.4 Å². The molecule has 1 unspecified atom stereocenters. The Hall–Kier alpha value is -1.31. The maximum absolute atomic E-state index is 10.9. The van der Waals surface area contributed by atoms with Gasteiger partial charge in [-0.05, 0) is 31.9 Å². The molecule has 0 saturated heterocycles. The van der Waals surface area contributed by atoms with E-state index in [1.54, 1.807) is 6.92 Å². The first-order valence-corrected chi connectivity index (χ1v) is 4.85. The predicted octanol–water partition coefficient (Wildman–Crippen LogP) is 2.50. The van der Waals surface area contributed by atoms with E-state index < -0.39 is 0 Å². The fourth-order valence-corrected chi connectivity index (χ4v) is 1.61. The molecule has 0 aliphatic rings. The van der Waals surface area contributed by atoms with Gasteiger partial charge in [0.2, 0.25) is 5.91 Å². The second-order valence-electron chi connectivity index (χ2n) is 3.78. The van der Waals surface area contributed by atoms with E-state index in [4.69, 9.17) is 0 Å². The minimum absolute atomic E-state index is 0.0124. The lowest BCUT2D eigenvalue weighted by Gasteiger charge is -2.16. The van der Waals surface area contributed by atoms with Crippen molar-refractivity contribution in [3.05, 3.63) is 34.9 Å². The van der Waals surface area contributed by atoms with Crippen LogP contribution < -0.4 is 5.32 Å². The molecule has 1 aromatic carbocycles. The lowest BCUT2D eigenvalue weighted by atomic mass is 10.00. The van der Waals surface area contributed by atoms with Gasteiger partial charge in [-0.1, -0.05) is 23.8 Å². The van der Waals surface area contributed by atoms with E-state index in [9.17, 15) is 4.79 Å². The van der Waals surface area contributed by atoms with Crippen molar-refractivity contribution in [1.29, 1.82) is 0 Å². The minimum atomic E-state index is 0.0124. The van der Waals surface area contributed by atoms with Crippen molar-refractivity contribution in [2.45, 2.75) is 33.7 Å². The fraction of sp³-hybridized carbons (Fsp3) is 0.417. The number of aryl methyl sites for hydroxylation is 2. The first-order valence-electron chi connectivity index (χ1n) is 4.85. The summed E-state index contributed by atoms with van der Waals surface area (Å²) in [5.41, 5.74) is 3.64. The summed E-state index contributed by atoms with van der Waals surface area (Å²) in [4.78, 5) is 10.9. The first-order chi connectivity index (χ1) is 6.50. The number of amides is 1. The van der Waals surface area contributed by atoms with Crippen LogP contribution in [0.3, 0.4) is 0 Å². The molecule has 76 valence electrons. The van der Waals surface area contributed by atoms with Crippen LogP contribution in [0.4, 0.5) is 0 Å². The van der Waals surface area contributed by atoms with Gasteiger partial charge in [0.15, 0.2) is 0 Å². The number of benzene rings is 1. The van der Waals surface area contributed by atoms with Gasteiger partial charge in [-0.2, -0.15) is 0 Å². The standard InChI is InChI=1S/C12H17NO/c1-8-5-6-9(2)12(7-8)10(3)13-11(4)14/h5-7,10H,1-4H3,(H,13,14). The Bertz CT molecular complexity index is 344. The van der Waals surface area contributed by atoms with E-state index in [0.29, 0.717) is 0 Å². The van der Waals surface area contributed by atoms with Crippen molar-refractivity contribution in [1.82, 2.24) is 5.32 Å². The van der Waals surface area contributed by atoms with Crippen molar-refractivity contribution in [3.63, 3.8) is 0 Å². The summed E-state index contributed by atoms with van der Waals surface area (Å²) in [5, 5.41) is 2.89. The van der Waals surface area contributed by atoms with Gasteiger partial charge in [-0.15, -0.1) is 0 Å². The molecule has 0 heterocycles. The highest BCUT2D eigenvalue weighted by Gasteiger charge is 2.08. The van der Waals surface area contributed by atoms with E-state index in [-0.39, 0.29) is 11.9 Å². The molecule has 0 saturated carbocycles. The van der Waals surface area contributed by atoms with Crippen LogP contribution in [0.5, 0.6) is 0 Å². The molecule has 0 spiro atoms. The van der Waals surface area contributed by atoms with Crippen LogP contribution in [0.15, 0.2) is 18.2 Å². The highest BCUT2D eigenvalue weighted by Crippen LogP contribution is 2.18. The summed E-state index contributed by atoms with van der Waals surface area (Å²) < 4.78 is 0. The van der Waals surface area contributed by atoms with E-state index in [1.807, 2.05) is 6.92 Å². The zero-order valence-electron chi connectivity index (χ0n) is 9.22. The molecule has 14 heavy (non-hydrogen) atoms. The van der Waals surface area contributed by atoms with Gasteiger partial charge < -0.3 is 5.32 Å². The molecule has 2 heteroatoms. The van der Waals surface area contributed by atoms with E-state index in [0.717, 1.165) is 0 Å². The van der Waals surface area contributed by atoms with Gasteiger partial charge in [0, 0.05) is 6.92 Å². The molecule has 2 nitrogen and oxygen atoms in total. The quantitative estimate of drug-likeness (QED) is 0.764. The van der Waals surface area contributed by atoms with Gasteiger partial charge in [0.05, 0.1) is 6.04 Å². The predicted molar refractivity (Wildman–Crippen MR) is 58.1 cm³/mol. The average Bonchev–Trinajstić information content (AvgIpc) is 2.08. The summed E-state index contributed by atoms with van der Waals surface area (Å²) in [6, 6.07) is 6.38. The van der Waals surface area contributed by atoms with Crippen LogP contribution in [-0.4, -0.2) is 5.91 Å². The van der Waals surface area contributed by atoms with Crippen LogP contribution in [0.25, 0.3) is 0 Å². The molecular formula is C12H17NO. The third-order valence-corrected chi connectivity index (χ3v) is 2.32. The molecule has 0 aliphatic heterocycles. The second-order valence-corrected chi connectivity index (χ2v) is 3.78. The first kappa shape index (κ1) is 10.8. The van der Waals surface area contributed by atoms with Crippen molar-refractivity contribution in [3.8, 4) is 0 Å². The maximum atomic E-state index is 10.9. The number of carbonyl (C=O) groups is 1. The van der Waals surface area contributed by atoms with Crippen LogP contribution in [0.2, 0.25) is 0 Å². The number of nitrogens with one attached hydrogen (secondary N) is 1. The third kappa shape index (κ3) is 2.59. The summed E-state index contributed by atoms with van der Waals surface area (Å²) in [5.74, 6) is 0.0124. The van der Waals surface area contributed by atoms with Crippen LogP contribution >= 0.6 is 0 Å². The number of hydrogen-bond donors (Lipinski definition) is 1. The SMILES string of the molecule is CC(=O)NC(C)c1cc(C)ccc1C. The van der Waals surface area contributed by atoms with Gasteiger partial charge in [-0.3, -0.25) is 4.79 Å². The molecule has 0 radical (unpaired) electrons. The zero-order valence-corrected chi connectivity index (χ0v) is 9.22. The Morgan fingerprint density at radius 1 is 1.36 bits per heavy atom. The molecular weight excluding hydrogens is 174 g/mol. The summed E-state index contributed by atoms with van der Waals surface area (Å²) in [6.07, 6.45) is 0. The van der Waals surface area contributed by atoms with Gasteiger partial charge in [-0.25, -0.2) is 0 Å². The minimum Gasteiger partial charge on any atom is -0.350 e. The lowest BCUT2D eigenvalue weighted by Crippen LogP contribution is -2.24. The number of hydrogen-bond acceptors (Lipinski definition) is 1. The number of rotatable bonds is 2. The van der Waals surface area contributed by atoms with Crippen LogP contribution in [-0.2, 0) is 4.79 Å². The van der Waals surface area contributed by atoms with Crippen molar-refractivity contribution < 1.29 is 4.79 Å². The Kier molecular flexibility index (Phi) is 3.28. The van der Waals surface area contributed by atoms with Crippen LogP contribution in [0.1, 0.15) is 36.6 Å². The van der Waals surface area contributed by atoms with Crippen molar-refractivity contribution in [2.24, 2.45) is 0 Å². The smallest absolute Gasteiger partial charge is 0.217 e. The number of carbonyl (C=O) groups excluding carboxylic acids is 1. The third-order valence-electron chi connectivity index (χ3n) is 2.32. The topological polar surface area (TPSA) is 29.1 Å². The molecule has 1 amide bonds. The monoisotopic (exact) mass is 191 g/mol.